The fourth-order valence-electron chi connectivity index (χ4n) is 8.53. The van der Waals surface area contributed by atoms with Crippen LogP contribution in [0.15, 0.2) is 42.7 Å². The van der Waals surface area contributed by atoms with E-state index in [1.54, 1.807) is 0 Å². The number of Topliss-reactive ketones (excluding diaryl/α,β-unsaturated/α-hetero) is 1. The maximum Gasteiger partial charge on any atom is 0.252 e. The van der Waals surface area contributed by atoms with Crippen molar-refractivity contribution in [2.75, 3.05) is 20.3 Å². The number of aliphatic hydroxyl groups is 3. The van der Waals surface area contributed by atoms with Gasteiger partial charge in [-0.15, -0.1) is 0 Å². The van der Waals surface area contributed by atoms with Crippen LogP contribution in [0.2, 0.25) is 0 Å². The molecule has 1 aromatic heterocycles. The second-order valence-corrected chi connectivity index (χ2v) is 15.2. The number of carbonyl (C=O) groups is 6. The van der Waals surface area contributed by atoms with Gasteiger partial charge in [-0.3, -0.25) is 33.8 Å². The molecule has 2 aliphatic heterocycles. The molecule has 7 N–H and O–H groups in total. The average molecular weight is 817 g/mol. The lowest BCUT2D eigenvalue weighted by Crippen LogP contribution is -2.59. The molecule has 0 bridgehead atoms. The minimum Gasteiger partial charge on any atom is -0.507 e. The van der Waals surface area contributed by atoms with Crippen LogP contribution in [0.5, 0.6) is 17.2 Å². The molecule has 7 rings (SSSR count). The van der Waals surface area contributed by atoms with E-state index < -0.39 is 125 Å². The Labute approximate surface area is 337 Å². The number of carbonyl (C=O) groups excluding carboxylic acids is 6. The average Bonchev–Trinajstić information content (AvgIpc) is 3.72. The molecule has 3 aromatic rings. The predicted molar refractivity (Wildman–Crippen MR) is 202 cm³/mol. The number of pyridine rings is 1. The summed E-state index contributed by atoms with van der Waals surface area (Å²) in [5, 5.41) is 61.5. The van der Waals surface area contributed by atoms with Crippen molar-refractivity contribution >= 4 is 35.1 Å². The lowest BCUT2D eigenvalue weighted by molar-refractivity contribution is -0.249. The van der Waals surface area contributed by atoms with Crippen LogP contribution in [0.1, 0.15) is 99.0 Å². The van der Waals surface area contributed by atoms with Crippen molar-refractivity contribution in [1.29, 1.82) is 0 Å². The SMILES string of the molecule is COc1cccc2c1C(=O)c1c(O)c3c(c(O)c1C2=O)C[C@@](O)(C(=O)CO)C[C@@H]3O[C@H]1C[C@H](NC(=O)C2CCCN2C(=O)C(C)NC(=O)c2ccncc2)[C@H](O)[C@H](C)O1. The van der Waals surface area contributed by atoms with E-state index in [1.807, 2.05) is 0 Å². The molecule has 0 radical (unpaired) electrons. The molecule has 2 fully saturated rings. The van der Waals surface area contributed by atoms with Crippen molar-refractivity contribution < 1.29 is 68.5 Å². The fraction of sp³-hybridized carbons (Fsp3) is 0.439. The van der Waals surface area contributed by atoms with Crippen LogP contribution < -0.4 is 15.4 Å². The van der Waals surface area contributed by atoms with Crippen LogP contribution in [-0.4, -0.2) is 133 Å². The summed E-state index contributed by atoms with van der Waals surface area (Å²) in [6.07, 6.45) is -2.91. The highest BCUT2D eigenvalue weighted by Gasteiger charge is 2.51. The van der Waals surface area contributed by atoms with Crippen LogP contribution in [0.4, 0.5) is 0 Å². The van der Waals surface area contributed by atoms with Gasteiger partial charge in [0.15, 0.2) is 17.9 Å². The topological polar surface area (TPSA) is 271 Å². The number of methoxy groups -OCH3 is 1. The number of phenolic OH excluding ortho intramolecular Hbond substituents is 2. The molecular weight excluding hydrogens is 772 g/mol. The van der Waals surface area contributed by atoms with Gasteiger partial charge < -0.3 is 55.3 Å². The molecule has 312 valence electrons. The van der Waals surface area contributed by atoms with Crippen LogP contribution in [-0.2, 0) is 30.3 Å². The Morgan fingerprint density at radius 1 is 1.05 bits per heavy atom. The number of aromatic nitrogens is 1. The van der Waals surface area contributed by atoms with Gasteiger partial charge >= 0.3 is 0 Å². The first-order valence-electron chi connectivity index (χ1n) is 19.1. The minimum absolute atomic E-state index is 0.0439. The molecule has 8 atom stereocenters. The summed E-state index contributed by atoms with van der Waals surface area (Å²) in [6.45, 7) is 2.16. The Morgan fingerprint density at radius 2 is 1.76 bits per heavy atom. The lowest BCUT2D eigenvalue weighted by Gasteiger charge is -2.43. The van der Waals surface area contributed by atoms with E-state index >= 15 is 0 Å². The first-order chi connectivity index (χ1) is 28.1. The van der Waals surface area contributed by atoms with Crippen LogP contribution in [0.25, 0.3) is 0 Å². The summed E-state index contributed by atoms with van der Waals surface area (Å²) in [5.41, 5.74) is -3.92. The van der Waals surface area contributed by atoms with Crippen molar-refractivity contribution in [3.63, 3.8) is 0 Å². The van der Waals surface area contributed by atoms with Gasteiger partial charge in [0.05, 0.1) is 42.0 Å². The third kappa shape index (κ3) is 7.31. The molecule has 2 saturated heterocycles. The summed E-state index contributed by atoms with van der Waals surface area (Å²) in [4.78, 5) is 86.0. The lowest BCUT2D eigenvalue weighted by atomic mass is 9.72. The molecule has 0 saturated carbocycles. The molecule has 18 nitrogen and oxygen atoms in total. The highest BCUT2D eigenvalue weighted by Crippen LogP contribution is 2.52. The smallest absolute Gasteiger partial charge is 0.252 e. The summed E-state index contributed by atoms with van der Waals surface area (Å²) < 4.78 is 17.6. The number of fused-ring (bicyclic) bond motifs is 3. The molecule has 2 aliphatic carbocycles. The van der Waals surface area contributed by atoms with Gasteiger partial charge in [0.25, 0.3) is 5.91 Å². The Bertz CT molecular complexity index is 2230. The molecule has 59 heavy (non-hydrogen) atoms. The van der Waals surface area contributed by atoms with E-state index in [4.69, 9.17) is 14.2 Å². The zero-order valence-corrected chi connectivity index (χ0v) is 32.3. The van der Waals surface area contributed by atoms with Crippen molar-refractivity contribution in [1.82, 2.24) is 20.5 Å². The zero-order valence-electron chi connectivity index (χ0n) is 32.3. The van der Waals surface area contributed by atoms with Crippen molar-refractivity contribution in [2.24, 2.45) is 0 Å². The Kier molecular flexibility index (Phi) is 11.3. The summed E-state index contributed by atoms with van der Waals surface area (Å²) >= 11 is 0. The summed E-state index contributed by atoms with van der Waals surface area (Å²) in [7, 11) is 1.30. The number of rotatable bonds is 10. The molecule has 2 unspecified atom stereocenters. The van der Waals surface area contributed by atoms with Gasteiger partial charge in [0.1, 0.15) is 47.6 Å². The zero-order chi connectivity index (χ0) is 42.5. The molecule has 4 aliphatic rings. The number of ether oxygens (including phenoxy) is 3. The van der Waals surface area contributed by atoms with Crippen LogP contribution in [0.3, 0.4) is 0 Å². The van der Waals surface area contributed by atoms with Gasteiger partial charge in [-0.2, -0.15) is 0 Å². The van der Waals surface area contributed by atoms with E-state index in [0.29, 0.717) is 18.4 Å². The van der Waals surface area contributed by atoms with E-state index in [-0.39, 0.29) is 41.0 Å². The first kappa shape index (κ1) is 41.4. The second kappa shape index (κ2) is 16.1. The summed E-state index contributed by atoms with van der Waals surface area (Å²) in [5.74, 6) is -5.77. The van der Waals surface area contributed by atoms with E-state index in [0.717, 1.165) is 0 Å². The number of benzene rings is 2. The number of phenols is 2. The standard InChI is InChI=1S/C41H44N4O14/c1-18(43-38(53)20-9-11-42-12-10-20)40(55)45-13-5-7-24(45)39(54)44-23-14-28(58-19(2)33(23)48)59-26-16-41(56,27(47)17-46)15-22-30(26)37(52)32-31(35(22)50)34(49)21-6-4-8-25(57-3)29(21)36(32)51/h4,6,8-12,18-19,23-24,26,28,33,46,48,50,52,56H,5,7,13-17H2,1-3H3,(H,43,53)(H,44,54)/t18?,19-,23-,24?,26-,28-,33+,41-/m0/s1. The molecule has 3 amide bonds. The number of aliphatic hydroxyl groups excluding tert-OH is 2. The number of ketones is 3. The quantitative estimate of drug-likeness (QED) is 0.107. The van der Waals surface area contributed by atoms with Crippen LogP contribution >= 0.6 is 0 Å². The first-order valence-corrected chi connectivity index (χ1v) is 19.1. The van der Waals surface area contributed by atoms with Gasteiger partial charge in [-0.05, 0) is 44.9 Å². The Balaban J connectivity index is 1.14. The Morgan fingerprint density at radius 3 is 2.46 bits per heavy atom. The minimum atomic E-state index is -2.38. The fourth-order valence-corrected chi connectivity index (χ4v) is 8.53. The van der Waals surface area contributed by atoms with Crippen LogP contribution in [0, 0.1) is 0 Å². The number of hydrogen-bond acceptors (Lipinski definition) is 15. The van der Waals surface area contributed by atoms with Crippen molar-refractivity contribution in [3.8, 4) is 17.2 Å². The predicted octanol–water partition coefficient (Wildman–Crippen LogP) is 0.363. The molecular formula is C41H44N4O14. The molecule has 2 aromatic carbocycles. The third-order valence-corrected chi connectivity index (χ3v) is 11.6. The van der Waals surface area contributed by atoms with Gasteiger partial charge in [-0.25, -0.2) is 0 Å². The van der Waals surface area contributed by atoms with E-state index in [9.17, 15) is 54.3 Å². The van der Waals surface area contributed by atoms with Gasteiger partial charge in [-0.1, -0.05) is 12.1 Å². The number of amides is 3. The highest BCUT2D eigenvalue weighted by atomic mass is 16.7. The van der Waals surface area contributed by atoms with Crippen molar-refractivity contribution in [2.45, 2.75) is 94.3 Å². The van der Waals surface area contributed by atoms with E-state index in [1.165, 1.54) is 68.6 Å². The maximum atomic E-state index is 14.0. The molecule has 3 heterocycles. The summed E-state index contributed by atoms with van der Waals surface area (Å²) in [6, 6.07) is 4.33. The second-order valence-electron chi connectivity index (χ2n) is 15.2. The maximum absolute atomic E-state index is 14.0. The third-order valence-electron chi connectivity index (χ3n) is 11.6. The number of aromatic hydroxyl groups is 2. The number of nitrogens with one attached hydrogen (secondary N) is 2. The molecule has 0 spiro atoms. The number of likely N-dealkylation sites (tertiary alicyclic amines) is 1. The Hall–Kier alpha value is -5.79. The number of hydrogen-bond donors (Lipinski definition) is 7. The van der Waals surface area contributed by atoms with Gasteiger partial charge in [0, 0.05) is 60.5 Å². The normalized spacial score (nSPS) is 26.6. The molecule has 18 heteroatoms. The largest absolute Gasteiger partial charge is 0.507 e. The van der Waals surface area contributed by atoms with E-state index in [2.05, 4.69) is 15.6 Å². The monoisotopic (exact) mass is 816 g/mol. The van der Waals surface area contributed by atoms with Gasteiger partial charge in [0.2, 0.25) is 17.6 Å². The number of nitrogens with zero attached hydrogens (tertiary/aromatic N) is 2. The van der Waals surface area contributed by atoms with Crippen molar-refractivity contribution in [3.05, 3.63) is 81.7 Å². The highest BCUT2D eigenvalue weighted by molar-refractivity contribution is 6.31.